The van der Waals surface area contributed by atoms with E-state index < -0.39 is 5.97 Å². The normalized spacial score (nSPS) is 8.83. The number of pyridine rings is 1. The number of aromatic nitrogens is 1. The number of rotatable bonds is 1. The Balaban J connectivity index is 0.00000121. The molecule has 0 bridgehead atoms. The van der Waals surface area contributed by atoms with Crippen LogP contribution in [0.1, 0.15) is 16.1 Å². The molecule has 0 aliphatic carbocycles. The van der Waals surface area contributed by atoms with Crippen molar-refractivity contribution in [2.75, 3.05) is 0 Å². The second kappa shape index (κ2) is 5.31. The first-order valence-electron chi connectivity index (χ1n) is 2.97. The van der Waals surface area contributed by atoms with E-state index in [1.165, 1.54) is 6.07 Å². The molecule has 0 atom stereocenters. The Morgan fingerprint density at radius 2 is 2.17 bits per heavy atom. The van der Waals surface area contributed by atoms with E-state index in [0.29, 0.717) is 0 Å². The summed E-state index contributed by atoms with van der Waals surface area (Å²) in [7, 11) is 0. The molecule has 1 aromatic heterocycles. The first kappa shape index (κ1) is 12.5. The summed E-state index contributed by atoms with van der Waals surface area (Å²) in [6, 6.07) is 3.07. The molecule has 0 aliphatic rings. The van der Waals surface area contributed by atoms with E-state index in [2.05, 4.69) is 4.98 Å². The number of aryl methyl sites for hydroxylation is 1. The van der Waals surface area contributed by atoms with E-state index >= 15 is 0 Å². The zero-order valence-corrected chi connectivity index (χ0v) is 6.59. The van der Waals surface area contributed by atoms with Gasteiger partial charge in [0, 0.05) is 0 Å². The molecule has 1 N–H and O–H groups in total. The van der Waals surface area contributed by atoms with Crippen LogP contribution in [0.25, 0.3) is 0 Å². The van der Waals surface area contributed by atoms with Gasteiger partial charge in [-0.3, -0.25) is 0 Å². The monoisotopic (exact) mass is 211 g/mol. The first-order valence-corrected chi connectivity index (χ1v) is 3.35. The topological polar surface area (TPSA) is 50.2 Å². The molecule has 12 heavy (non-hydrogen) atoms. The number of aromatic carboxylic acids is 1. The van der Waals surface area contributed by atoms with Gasteiger partial charge in [0.1, 0.15) is 10.8 Å². The minimum atomic E-state index is -1.06. The second-order valence-electron chi connectivity index (χ2n) is 2.16. The Bertz CT molecular complexity index is 283. The summed E-state index contributed by atoms with van der Waals surface area (Å²) in [4.78, 5) is 14.0. The summed E-state index contributed by atoms with van der Waals surface area (Å²) in [5, 5.41) is 8.72. The zero-order chi connectivity index (χ0) is 8.43. The fourth-order valence-corrected chi connectivity index (χ4v) is 0.998. The molecule has 0 fully saturated rings. The van der Waals surface area contributed by atoms with E-state index in [1.807, 2.05) is 0 Å². The number of carboxylic acids is 1. The van der Waals surface area contributed by atoms with Crippen molar-refractivity contribution in [2.24, 2.45) is 0 Å². The van der Waals surface area contributed by atoms with E-state index in [0.717, 1.165) is 5.56 Å². The van der Waals surface area contributed by atoms with Gasteiger partial charge in [-0.15, -0.1) is 0 Å². The Morgan fingerprint density at radius 3 is 2.58 bits per heavy atom. The first-order chi connectivity index (χ1) is 5.09. The van der Waals surface area contributed by atoms with E-state index in [9.17, 15) is 4.79 Å². The van der Waals surface area contributed by atoms with Gasteiger partial charge in [-0.1, -0.05) is 11.6 Å². The van der Waals surface area contributed by atoms with Crippen molar-refractivity contribution >= 4 is 69.0 Å². The van der Waals surface area contributed by atoms with Crippen LogP contribution in [0, 0.1) is 6.92 Å². The van der Waals surface area contributed by atoms with Crippen LogP contribution in [0.4, 0.5) is 0 Å². The summed E-state index contributed by atoms with van der Waals surface area (Å²) < 4.78 is 0. The molecule has 0 aliphatic heterocycles. The van der Waals surface area contributed by atoms with Crippen molar-refractivity contribution in [3.63, 3.8) is 0 Å². The van der Waals surface area contributed by atoms with Crippen LogP contribution in [0.3, 0.4) is 0 Å². The molecule has 60 valence electrons. The Labute approximate surface area is 118 Å². The van der Waals surface area contributed by atoms with Gasteiger partial charge in [0.25, 0.3) is 0 Å². The fraction of sp³-hybridized carbons (Fsp3) is 0.143. The third-order valence-corrected chi connectivity index (χ3v) is 1.35. The molecule has 5 heteroatoms. The quantitative estimate of drug-likeness (QED) is 0.559. The van der Waals surface area contributed by atoms with Gasteiger partial charge in [-0.2, -0.15) is 0 Å². The molecule has 0 spiro atoms. The Kier molecular flexibility index (Phi) is 5.56. The summed E-state index contributed by atoms with van der Waals surface area (Å²) in [6.45, 7) is 1.76. The minimum absolute atomic E-state index is 0. The van der Waals surface area contributed by atoms with Crippen LogP contribution in [-0.2, 0) is 0 Å². The Hall–Kier alpha value is 0.546. The van der Waals surface area contributed by atoms with Crippen LogP contribution in [0.2, 0.25) is 5.15 Å². The summed E-state index contributed by atoms with van der Waals surface area (Å²) in [5.74, 6) is -1.06. The fourth-order valence-electron chi connectivity index (χ4n) is 0.734. The molecule has 1 rings (SSSR count). The van der Waals surface area contributed by atoms with Gasteiger partial charge in [0.2, 0.25) is 0 Å². The number of carbonyl (C=O) groups is 1. The van der Waals surface area contributed by atoms with Gasteiger partial charge in [0.15, 0.2) is 0 Å². The molecule has 0 radical (unpaired) electrons. The number of halogens is 1. The van der Waals surface area contributed by atoms with Crippen molar-refractivity contribution in [3.05, 3.63) is 28.5 Å². The van der Waals surface area contributed by atoms with Crippen molar-refractivity contribution in [1.29, 1.82) is 0 Å². The molecule has 0 aromatic carbocycles. The summed E-state index contributed by atoms with van der Waals surface area (Å²) in [5.41, 5.74) is 0.775. The second-order valence-corrected chi connectivity index (χ2v) is 2.54. The van der Waals surface area contributed by atoms with Gasteiger partial charge in [-0.25, -0.2) is 9.78 Å². The van der Waals surface area contributed by atoms with Crippen molar-refractivity contribution in [3.8, 4) is 0 Å². The Morgan fingerprint density at radius 1 is 1.58 bits per heavy atom. The third kappa shape index (κ3) is 3.51. The maximum atomic E-state index is 10.4. The van der Waals surface area contributed by atoms with Crippen LogP contribution in [0.5, 0.6) is 0 Å². The van der Waals surface area contributed by atoms with Gasteiger partial charge < -0.3 is 5.11 Å². The predicted molar refractivity (Wildman–Crippen MR) is 48.1 cm³/mol. The molecular weight excluding hydrogens is 205 g/mol. The zero-order valence-electron chi connectivity index (χ0n) is 5.84. The van der Waals surface area contributed by atoms with E-state index in [1.54, 1.807) is 13.0 Å². The van der Waals surface area contributed by atoms with Crippen LogP contribution in [0.15, 0.2) is 12.1 Å². The number of hydrogen-bond donors (Lipinski definition) is 1. The van der Waals surface area contributed by atoms with Gasteiger partial charge in [0.05, 0.1) is 0 Å². The summed E-state index contributed by atoms with van der Waals surface area (Å²) in [6.07, 6.45) is 0. The molecular formula is C7H7ClKNO2. The molecule has 1 heterocycles. The molecule has 0 amide bonds. The molecule has 1 aromatic rings. The van der Waals surface area contributed by atoms with E-state index in [4.69, 9.17) is 16.7 Å². The number of nitrogens with zero attached hydrogens (tertiary/aromatic N) is 1. The van der Waals surface area contributed by atoms with Gasteiger partial charge >= 0.3 is 57.4 Å². The van der Waals surface area contributed by atoms with Gasteiger partial charge in [-0.05, 0) is 24.6 Å². The standard InChI is InChI=1S/C7H6ClNO2.K.H/c1-4-2-5(7(10)11)9-6(8)3-4;;/h2-3H,1H3,(H,10,11);;. The maximum absolute atomic E-state index is 10.4. The average Bonchev–Trinajstić information content (AvgIpc) is 1.85. The molecule has 0 unspecified atom stereocenters. The van der Waals surface area contributed by atoms with E-state index in [-0.39, 0.29) is 62.2 Å². The number of carboxylic acid groups (broad SMARTS) is 1. The van der Waals surface area contributed by atoms with Crippen LogP contribution in [-0.4, -0.2) is 67.4 Å². The van der Waals surface area contributed by atoms with Crippen molar-refractivity contribution in [1.82, 2.24) is 4.98 Å². The van der Waals surface area contributed by atoms with Crippen LogP contribution >= 0.6 is 11.6 Å². The molecule has 3 nitrogen and oxygen atoms in total. The van der Waals surface area contributed by atoms with Crippen LogP contribution < -0.4 is 0 Å². The predicted octanol–water partition coefficient (Wildman–Crippen LogP) is 1.09. The average molecular weight is 212 g/mol. The van der Waals surface area contributed by atoms with Crippen molar-refractivity contribution < 1.29 is 9.90 Å². The molecule has 0 saturated carbocycles. The third-order valence-electron chi connectivity index (χ3n) is 1.16. The van der Waals surface area contributed by atoms with Crippen molar-refractivity contribution in [2.45, 2.75) is 6.92 Å². The SMILES string of the molecule is Cc1cc(Cl)nc(C(=O)O)c1.[KH]. The summed E-state index contributed by atoms with van der Waals surface area (Å²) >= 11 is 5.52. The molecule has 0 saturated heterocycles. The number of hydrogen-bond acceptors (Lipinski definition) is 2.